The Morgan fingerprint density at radius 3 is 2.22 bits per heavy atom. The third-order valence-electron chi connectivity index (χ3n) is 4.06. The third-order valence-corrected chi connectivity index (χ3v) is 4.54. The number of halogens is 2. The van der Waals surface area contributed by atoms with Crippen molar-refractivity contribution in [2.45, 2.75) is 0 Å². The fourth-order valence-electron chi connectivity index (χ4n) is 2.81. The van der Waals surface area contributed by atoms with Crippen molar-refractivity contribution in [2.75, 3.05) is 37.6 Å². The second-order valence-electron chi connectivity index (χ2n) is 5.74. The first kappa shape index (κ1) is 16.4. The van der Waals surface area contributed by atoms with E-state index in [9.17, 15) is 0 Å². The lowest BCUT2D eigenvalue weighted by molar-refractivity contribution is 0.282. The summed E-state index contributed by atoms with van der Waals surface area (Å²) < 4.78 is 0. The molecule has 2 aromatic carbocycles. The second-order valence-corrected chi connectivity index (χ2v) is 6.66. The van der Waals surface area contributed by atoms with Crippen LogP contribution in [-0.2, 0) is 0 Å². The van der Waals surface area contributed by atoms with Gasteiger partial charge in [0.1, 0.15) is 0 Å². The van der Waals surface area contributed by atoms with Gasteiger partial charge < -0.3 is 4.90 Å². The standard InChI is InChI=1S/C19H20Cl2N2/c20-17-6-8-19(9-7-17)23-12-10-22(11-13-23)15-18(21)14-16-4-2-1-3-5-16/h1-9,14H,10-13,15H2. The first-order valence-corrected chi connectivity index (χ1v) is 8.60. The number of anilines is 1. The quantitative estimate of drug-likeness (QED) is 0.788. The van der Waals surface area contributed by atoms with Crippen LogP contribution in [0.5, 0.6) is 0 Å². The molecule has 2 nitrogen and oxygen atoms in total. The van der Waals surface area contributed by atoms with Crippen molar-refractivity contribution in [3.63, 3.8) is 0 Å². The Labute approximate surface area is 147 Å². The summed E-state index contributed by atoms with van der Waals surface area (Å²) >= 11 is 12.4. The van der Waals surface area contributed by atoms with Crippen LogP contribution in [0.25, 0.3) is 6.08 Å². The molecule has 0 atom stereocenters. The molecule has 3 rings (SSSR count). The summed E-state index contributed by atoms with van der Waals surface area (Å²) in [6, 6.07) is 18.3. The van der Waals surface area contributed by atoms with Gasteiger partial charge >= 0.3 is 0 Å². The molecule has 1 aliphatic rings. The molecule has 1 fully saturated rings. The number of hydrogen-bond acceptors (Lipinski definition) is 2. The summed E-state index contributed by atoms with van der Waals surface area (Å²) in [6.45, 7) is 4.86. The number of benzene rings is 2. The van der Waals surface area contributed by atoms with Gasteiger partial charge in [0, 0.05) is 48.5 Å². The van der Waals surface area contributed by atoms with Gasteiger partial charge in [0.15, 0.2) is 0 Å². The number of nitrogens with zero attached hydrogens (tertiary/aromatic N) is 2. The molecule has 0 saturated carbocycles. The molecule has 0 aliphatic carbocycles. The first-order chi connectivity index (χ1) is 11.2. The van der Waals surface area contributed by atoms with Crippen LogP contribution in [0.4, 0.5) is 5.69 Å². The molecule has 0 N–H and O–H groups in total. The van der Waals surface area contributed by atoms with Crippen LogP contribution >= 0.6 is 23.2 Å². The van der Waals surface area contributed by atoms with Crippen LogP contribution in [0.1, 0.15) is 5.56 Å². The Morgan fingerprint density at radius 2 is 1.57 bits per heavy atom. The van der Waals surface area contributed by atoms with Gasteiger partial charge in [0.2, 0.25) is 0 Å². The van der Waals surface area contributed by atoms with Gasteiger partial charge in [-0.3, -0.25) is 4.90 Å². The fraction of sp³-hybridized carbons (Fsp3) is 0.263. The van der Waals surface area contributed by atoms with Crippen molar-refractivity contribution in [3.8, 4) is 0 Å². The van der Waals surface area contributed by atoms with Crippen LogP contribution < -0.4 is 4.90 Å². The predicted molar refractivity (Wildman–Crippen MR) is 100 cm³/mol. The van der Waals surface area contributed by atoms with E-state index in [4.69, 9.17) is 23.2 Å². The van der Waals surface area contributed by atoms with Crippen LogP contribution in [0.2, 0.25) is 5.02 Å². The minimum Gasteiger partial charge on any atom is -0.369 e. The topological polar surface area (TPSA) is 6.48 Å². The summed E-state index contributed by atoms with van der Waals surface area (Å²) in [5.74, 6) is 0. The highest BCUT2D eigenvalue weighted by atomic mass is 35.5. The molecular weight excluding hydrogens is 327 g/mol. The maximum Gasteiger partial charge on any atom is 0.0407 e. The van der Waals surface area contributed by atoms with E-state index in [-0.39, 0.29) is 0 Å². The molecule has 1 saturated heterocycles. The Bertz CT molecular complexity index is 645. The van der Waals surface area contributed by atoms with Gasteiger partial charge in [0.25, 0.3) is 0 Å². The molecule has 4 heteroatoms. The van der Waals surface area contributed by atoms with Crippen molar-refractivity contribution in [2.24, 2.45) is 0 Å². The van der Waals surface area contributed by atoms with E-state index in [0.29, 0.717) is 0 Å². The Morgan fingerprint density at radius 1 is 0.913 bits per heavy atom. The van der Waals surface area contributed by atoms with Crippen molar-refractivity contribution in [1.82, 2.24) is 4.90 Å². The summed E-state index contributed by atoms with van der Waals surface area (Å²) in [7, 11) is 0. The largest absolute Gasteiger partial charge is 0.369 e. The van der Waals surface area contributed by atoms with E-state index in [1.54, 1.807) is 0 Å². The molecule has 0 unspecified atom stereocenters. The summed E-state index contributed by atoms with van der Waals surface area (Å²) in [5.41, 5.74) is 2.39. The predicted octanol–water partition coefficient (Wildman–Crippen LogP) is 4.74. The molecule has 1 aliphatic heterocycles. The zero-order valence-electron chi connectivity index (χ0n) is 13.0. The maximum atomic E-state index is 6.41. The average Bonchev–Trinajstić information content (AvgIpc) is 2.57. The molecule has 0 radical (unpaired) electrons. The van der Waals surface area contributed by atoms with Gasteiger partial charge in [-0.15, -0.1) is 0 Å². The van der Waals surface area contributed by atoms with Crippen LogP contribution in [0.15, 0.2) is 59.6 Å². The van der Waals surface area contributed by atoms with Crippen LogP contribution in [0, 0.1) is 0 Å². The SMILES string of the molecule is ClC(=Cc1ccccc1)CN1CCN(c2ccc(Cl)cc2)CC1. The minimum atomic E-state index is 0.783. The van der Waals surface area contributed by atoms with E-state index in [2.05, 4.69) is 34.1 Å². The first-order valence-electron chi connectivity index (χ1n) is 7.85. The molecular formula is C19H20Cl2N2. The van der Waals surface area contributed by atoms with E-state index in [0.717, 1.165) is 48.3 Å². The molecule has 0 spiro atoms. The fourth-order valence-corrected chi connectivity index (χ4v) is 3.23. The van der Waals surface area contributed by atoms with Gasteiger partial charge in [0.05, 0.1) is 0 Å². The number of rotatable bonds is 4. The molecule has 0 aromatic heterocycles. The Kier molecular flexibility index (Phi) is 5.60. The normalized spacial score (nSPS) is 16.6. The van der Waals surface area contributed by atoms with Crippen LogP contribution in [0.3, 0.4) is 0 Å². The Balaban J connectivity index is 1.53. The number of piperazine rings is 1. The van der Waals surface area contributed by atoms with Crippen molar-refractivity contribution < 1.29 is 0 Å². The van der Waals surface area contributed by atoms with E-state index in [1.807, 2.05) is 36.4 Å². The van der Waals surface area contributed by atoms with Gasteiger partial charge in [-0.05, 0) is 35.9 Å². The third kappa shape index (κ3) is 4.74. The van der Waals surface area contributed by atoms with Gasteiger partial charge in [-0.1, -0.05) is 53.5 Å². The number of hydrogen-bond donors (Lipinski definition) is 0. The average molecular weight is 347 g/mol. The highest BCUT2D eigenvalue weighted by molar-refractivity contribution is 6.31. The van der Waals surface area contributed by atoms with E-state index < -0.39 is 0 Å². The summed E-state index contributed by atoms with van der Waals surface area (Å²) in [6.07, 6.45) is 2.05. The van der Waals surface area contributed by atoms with Crippen molar-refractivity contribution >= 4 is 35.0 Å². The highest BCUT2D eigenvalue weighted by Gasteiger charge is 2.17. The molecule has 0 amide bonds. The van der Waals surface area contributed by atoms with Gasteiger partial charge in [-0.2, -0.15) is 0 Å². The van der Waals surface area contributed by atoms with Gasteiger partial charge in [-0.25, -0.2) is 0 Å². The van der Waals surface area contributed by atoms with E-state index in [1.165, 1.54) is 5.69 Å². The molecule has 0 bridgehead atoms. The highest BCUT2D eigenvalue weighted by Crippen LogP contribution is 2.20. The lowest BCUT2D eigenvalue weighted by Crippen LogP contribution is -2.46. The summed E-state index contributed by atoms with van der Waals surface area (Å²) in [5, 5.41) is 1.67. The van der Waals surface area contributed by atoms with Crippen molar-refractivity contribution in [3.05, 3.63) is 70.2 Å². The molecule has 2 aromatic rings. The summed E-state index contributed by atoms with van der Waals surface area (Å²) in [4.78, 5) is 4.79. The zero-order chi connectivity index (χ0) is 16.1. The monoisotopic (exact) mass is 346 g/mol. The molecule has 23 heavy (non-hydrogen) atoms. The smallest absolute Gasteiger partial charge is 0.0407 e. The van der Waals surface area contributed by atoms with E-state index >= 15 is 0 Å². The zero-order valence-corrected chi connectivity index (χ0v) is 14.5. The van der Waals surface area contributed by atoms with Crippen LogP contribution in [-0.4, -0.2) is 37.6 Å². The molecule has 120 valence electrons. The van der Waals surface area contributed by atoms with Crippen molar-refractivity contribution in [1.29, 1.82) is 0 Å². The Hall–Kier alpha value is -1.48. The lowest BCUT2D eigenvalue weighted by atomic mass is 10.2. The second kappa shape index (κ2) is 7.87. The molecule has 1 heterocycles. The minimum absolute atomic E-state index is 0.783. The maximum absolute atomic E-state index is 6.41. The lowest BCUT2D eigenvalue weighted by Gasteiger charge is -2.36.